The minimum atomic E-state index is 0.544. The first-order valence-electron chi connectivity index (χ1n) is 5.49. The number of nitrogens with one attached hydrogen (secondary N) is 1. The number of hydrogen-bond acceptors (Lipinski definition) is 3. The number of aromatic nitrogens is 1. The highest BCUT2D eigenvalue weighted by atomic mass is 16.5. The summed E-state index contributed by atoms with van der Waals surface area (Å²) in [7, 11) is 1.64. The molecule has 1 atom stereocenters. The molecule has 1 rings (SSSR count). The summed E-state index contributed by atoms with van der Waals surface area (Å²) in [4.78, 5) is 4.34. The van der Waals surface area contributed by atoms with Crippen LogP contribution in [0.4, 0.5) is 0 Å². The van der Waals surface area contributed by atoms with Crippen molar-refractivity contribution in [2.75, 3.05) is 7.11 Å². The molecule has 1 heterocycles. The van der Waals surface area contributed by atoms with E-state index in [-0.39, 0.29) is 0 Å². The van der Waals surface area contributed by atoms with E-state index in [4.69, 9.17) is 4.74 Å². The Labute approximate surface area is 91.9 Å². The molecule has 0 radical (unpaired) electrons. The van der Waals surface area contributed by atoms with E-state index in [0.717, 1.165) is 12.2 Å². The van der Waals surface area contributed by atoms with Gasteiger partial charge in [-0.25, -0.2) is 4.98 Å². The van der Waals surface area contributed by atoms with Crippen LogP contribution in [-0.4, -0.2) is 18.1 Å². The summed E-state index contributed by atoms with van der Waals surface area (Å²) in [5, 5.41) is 3.43. The Kier molecular flexibility index (Phi) is 5.12. The van der Waals surface area contributed by atoms with Gasteiger partial charge in [-0.05, 0) is 19.4 Å². The number of rotatable bonds is 6. The fraction of sp³-hybridized carbons (Fsp3) is 0.583. The van der Waals surface area contributed by atoms with Gasteiger partial charge in [0, 0.05) is 18.7 Å². The average Bonchev–Trinajstić information content (AvgIpc) is 2.27. The molecular weight excluding hydrogens is 188 g/mol. The lowest BCUT2D eigenvalue weighted by Crippen LogP contribution is -2.25. The molecule has 0 aliphatic heterocycles. The quantitative estimate of drug-likeness (QED) is 0.779. The fourth-order valence-corrected chi connectivity index (χ4v) is 1.48. The maximum atomic E-state index is 5.07. The van der Waals surface area contributed by atoms with E-state index >= 15 is 0 Å². The van der Waals surface area contributed by atoms with Gasteiger partial charge in [-0.15, -0.1) is 0 Å². The topological polar surface area (TPSA) is 34.1 Å². The van der Waals surface area contributed by atoms with E-state index in [0.29, 0.717) is 11.9 Å². The van der Waals surface area contributed by atoms with E-state index < -0.39 is 0 Å². The van der Waals surface area contributed by atoms with Gasteiger partial charge in [-0.3, -0.25) is 0 Å². The molecule has 15 heavy (non-hydrogen) atoms. The highest BCUT2D eigenvalue weighted by Gasteiger charge is 2.01. The molecule has 0 aliphatic carbocycles. The van der Waals surface area contributed by atoms with Gasteiger partial charge in [0.1, 0.15) is 0 Å². The van der Waals surface area contributed by atoms with E-state index in [1.807, 2.05) is 18.2 Å². The predicted molar refractivity (Wildman–Crippen MR) is 62.0 cm³/mol. The van der Waals surface area contributed by atoms with Crippen LogP contribution in [-0.2, 0) is 6.54 Å². The van der Waals surface area contributed by atoms with Crippen LogP contribution in [0.15, 0.2) is 18.2 Å². The van der Waals surface area contributed by atoms with Crippen LogP contribution in [0.5, 0.6) is 5.88 Å². The normalized spacial score (nSPS) is 12.5. The summed E-state index contributed by atoms with van der Waals surface area (Å²) in [6.45, 7) is 5.20. The lowest BCUT2D eigenvalue weighted by molar-refractivity contribution is 0.394. The SMILES string of the molecule is CCCC(C)NCc1cccc(OC)n1. The van der Waals surface area contributed by atoms with Crippen LogP contribution in [0.1, 0.15) is 32.4 Å². The van der Waals surface area contributed by atoms with E-state index in [1.165, 1.54) is 12.8 Å². The second-order valence-electron chi connectivity index (χ2n) is 3.74. The zero-order chi connectivity index (χ0) is 11.1. The van der Waals surface area contributed by atoms with Gasteiger partial charge in [-0.1, -0.05) is 19.4 Å². The van der Waals surface area contributed by atoms with Crippen LogP contribution in [0.25, 0.3) is 0 Å². The monoisotopic (exact) mass is 208 g/mol. The number of ether oxygens (including phenoxy) is 1. The molecule has 0 aliphatic rings. The number of nitrogens with zero attached hydrogens (tertiary/aromatic N) is 1. The van der Waals surface area contributed by atoms with Crippen molar-refractivity contribution in [3.8, 4) is 5.88 Å². The molecule has 1 N–H and O–H groups in total. The molecule has 84 valence electrons. The van der Waals surface area contributed by atoms with Crippen molar-refractivity contribution in [1.29, 1.82) is 0 Å². The molecule has 1 unspecified atom stereocenters. The predicted octanol–water partition coefficient (Wildman–Crippen LogP) is 2.37. The molecule has 0 amide bonds. The Balaban J connectivity index is 2.43. The molecule has 0 fully saturated rings. The molecular formula is C12H20N2O. The fourth-order valence-electron chi connectivity index (χ4n) is 1.48. The van der Waals surface area contributed by atoms with E-state index in [2.05, 4.69) is 24.1 Å². The minimum absolute atomic E-state index is 0.544. The number of pyridine rings is 1. The Morgan fingerprint density at radius 3 is 2.93 bits per heavy atom. The molecule has 0 saturated carbocycles. The zero-order valence-corrected chi connectivity index (χ0v) is 9.79. The Morgan fingerprint density at radius 2 is 2.27 bits per heavy atom. The van der Waals surface area contributed by atoms with Crippen molar-refractivity contribution in [1.82, 2.24) is 10.3 Å². The van der Waals surface area contributed by atoms with E-state index in [9.17, 15) is 0 Å². The van der Waals surface area contributed by atoms with Crippen LogP contribution >= 0.6 is 0 Å². The molecule has 1 aromatic rings. The lowest BCUT2D eigenvalue weighted by atomic mass is 10.2. The minimum Gasteiger partial charge on any atom is -0.481 e. The van der Waals surface area contributed by atoms with Crippen LogP contribution in [0.3, 0.4) is 0 Å². The summed E-state index contributed by atoms with van der Waals surface area (Å²) in [5.74, 6) is 0.678. The molecule has 0 spiro atoms. The summed E-state index contributed by atoms with van der Waals surface area (Å²) in [6, 6.07) is 6.38. The number of methoxy groups -OCH3 is 1. The third kappa shape index (κ3) is 4.30. The van der Waals surface area contributed by atoms with Gasteiger partial charge in [0.05, 0.1) is 12.8 Å². The largest absolute Gasteiger partial charge is 0.481 e. The molecule has 3 nitrogen and oxygen atoms in total. The molecule has 1 aromatic heterocycles. The second kappa shape index (κ2) is 6.40. The van der Waals surface area contributed by atoms with Gasteiger partial charge in [0.15, 0.2) is 0 Å². The molecule has 0 bridgehead atoms. The molecule has 0 saturated heterocycles. The number of hydrogen-bond donors (Lipinski definition) is 1. The Morgan fingerprint density at radius 1 is 1.47 bits per heavy atom. The molecule has 0 aromatic carbocycles. The first-order chi connectivity index (χ1) is 7.26. The van der Waals surface area contributed by atoms with Crippen molar-refractivity contribution in [2.24, 2.45) is 0 Å². The smallest absolute Gasteiger partial charge is 0.213 e. The average molecular weight is 208 g/mol. The summed E-state index contributed by atoms with van der Waals surface area (Å²) in [5.41, 5.74) is 1.03. The van der Waals surface area contributed by atoms with Gasteiger partial charge >= 0.3 is 0 Å². The van der Waals surface area contributed by atoms with Crippen LogP contribution in [0.2, 0.25) is 0 Å². The maximum Gasteiger partial charge on any atom is 0.213 e. The third-order valence-corrected chi connectivity index (χ3v) is 2.34. The van der Waals surface area contributed by atoms with Crippen molar-refractivity contribution in [2.45, 2.75) is 39.3 Å². The van der Waals surface area contributed by atoms with Crippen molar-refractivity contribution >= 4 is 0 Å². The zero-order valence-electron chi connectivity index (χ0n) is 9.79. The van der Waals surface area contributed by atoms with Crippen LogP contribution < -0.4 is 10.1 Å². The van der Waals surface area contributed by atoms with Crippen LogP contribution in [0, 0.1) is 0 Å². The molecule has 3 heteroatoms. The van der Waals surface area contributed by atoms with Gasteiger partial charge in [-0.2, -0.15) is 0 Å². The lowest BCUT2D eigenvalue weighted by Gasteiger charge is -2.12. The highest BCUT2D eigenvalue weighted by Crippen LogP contribution is 2.06. The maximum absolute atomic E-state index is 5.07. The van der Waals surface area contributed by atoms with E-state index in [1.54, 1.807) is 7.11 Å². The Hall–Kier alpha value is -1.09. The van der Waals surface area contributed by atoms with Gasteiger partial charge in [0.2, 0.25) is 5.88 Å². The van der Waals surface area contributed by atoms with Crippen molar-refractivity contribution in [3.63, 3.8) is 0 Å². The first kappa shape index (κ1) is 12.0. The van der Waals surface area contributed by atoms with Gasteiger partial charge in [0.25, 0.3) is 0 Å². The van der Waals surface area contributed by atoms with Gasteiger partial charge < -0.3 is 10.1 Å². The summed E-state index contributed by atoms with van der Waals surface area (Å²) >= 11 is 0. The second-order valence-corrected chi connectivity index (χ2v) is 3.74. The summed E-state index contributed by atoms with van der Waals surface area (Å²) < 4.78 is 5.07. The standard InChI is InChI=1S/C12H20N2O/c1-4-6-10(2)13-9-11-7-5-8-12(14-11)15-3/h5,7-8,10,13H,4,6,9H2,1-3H3. The Bertz CT molecular complexity index is 289. The van der Waals surface area contributed by atoms with Crippen molar-refractivity contribution in [3.05, 3.63) is 23.9 Å². The highest BCUT2D eigenvalue weighted by molar-refractivity contribution is 5.15. The summed E-state index contributed by atoms with van der Waals surface area (Å²) in [6.07, 6.45) is 2.41. The third-order valence-electron chi connectivity index (χ3n) is 2.34. The first-order valence-corrected chi connectivity index (χ1v) is 5.49. The van der Waals surface area contributed by atoms with Crippen molar-refractivity contribution < 1.29 is 4.74 Å².